The highest BCUT2D eigenvalue weighted by Gasteiger charge is 2.05. The molecule has 0 aliphatic heterocycles. The minimum atomic E-state index is -0.387. The summed E-state index contributed by atoms with van der Waals surface area (Å²) in [7, 11) is 0. The van der Waals surface area contributed by atoms with Crippen LogP contribution >= 0.6 is 11.6 Å². The predicted octanol–water partition coefficient (Wildman–Crippen LogP) is 5.22. The Morgan fingerprint density at radius 1 is 1.20 bits per heavy atom. The molecule has 0 spiro atoms. The average molecular weight is 292 g/mol. The fourth-order valence-electron chi connectivity index (χ4n) is 2.19. The van der Waals surface area contributed by atoms with Gasteiger partial charge < -0.3 is 5.32 Å². The fraction of sp³-hybridized carbons (Fsp3) is 0.294. The highest BCUT2D eigenvalue weighted by molar-refractivity contribution is 6.30. The van der Waals surface area contributed by atoms with Crippen molar-refractivity contribution >= 4 is 17.3 Å². The van der Waals surface area contributed by atoms with Gasteiger partial charge in [0, 0.05) is 11.7 Å². The number of nitrogens with one attached hydrogen (secondary N) is 1. The Labute approximate surface area is 124 Å². The molecule has 2 rings (SSSR count). The second-order valence-corrected chi connectivity index (χ2v) is 5.61. The highest BCUT2D eigenvalue weighted by atomic mass is 35.5. The third-order valence-corrected chi connectivity index (χ3v) is 3.59. The third-order valence-electron chi connectivity index (χ3n) is 3.28. The van der Waals surface area contributed by atoms with Crippen molar-refractivity contribution in [2.75, 3.05) is 5.32 Å². The van der Waals surface area contributed by atoms with E-state index in [0.29, 0.717) is 0 Å². The zero-order valence-electron chi connectivity index (χ0n) is 11.8. The summed E-state index contributed by atoms with van der Waals surface area (Å²) in [5.74, 6) is -0.387. The van der Waals surface area contributed by atoms with Crippen LogP contribution in [-0.4, -0.2) is 6.04 Å². The van der Waals surface area contributed by atoms with Crippen molar-refractivity contribution in [3.05, 3.63) is 64.4 Å². The molecule has 0 aromatic heterocycles. The molecule has 0 heterocycles. The van der Waals surface area contributed by atoms with Crippen LogP contribution in [0.5, 0.6) is 0 Å². The van der Waals surface area contributed by atoms with Gasteiger partial charge in [0.2, 0.25) is 0 Å². The monoisotopic (exact) mass is 291 g/mol. The van der Waals surface area contributed by atoms with E-state index in [0.717, 1.165) is 18.5 Å². The van der Waals surface area contributed by atoms with Crippen LogP contribution in [0.4, 0.5) is 10.1 Å². The Balaban J connectivity index is 1.89. The van der Waals surface area contributed by atoms with Crippen LogP contribution in [0.1, 0.15) is 24.5 Å². The van der Waals surface area contributed by atoms with Gasteiger partial charge in [0.25, 0.3) is 0 Å². The fourth-order valence-corrected chi connectivity index (χ4v) is 2.31. The van der Waals surface area contributed by atoms with Crippen molar-refractivity contribution in [3.8, 4) is 0 Å². The SMILES string of the molecule is Cc1cccc(CCC(C)Nc2ccc(Cl)c(F)c2)c1. The zero-order valence-corrected chi connectivity index (χ0v) is 12.5. The summed E-state index contributed by atoms with van der Waals surface area (Å²) in [5.41, 5.74) is 3.38. The molecule has 1 unspecified atom stereocenters. The lowest BCUT2D eigenvalue weighted by Crippen LogP contribution is -2.16. The standard InChI is InChI=1S/C17H19ClFN/c1-12-4-3-5-14(10-12)7-6-13(2)20-15-8-9-16(18)17(19)11-15/h3-5,8-11,13,20H,6-7H2,1-2H3. The molecular weight excluding hydrogens is 273 g/mol. The maximum absolute atomic E-state index is 13.4. The van der Waals surface area contributed by atoms with Crippen LogP contribution in [0.25, 0.3) is 0 Å². The van der Waals surface area contributed by atoms with E-state index < -0.39 is 0 Å². The van der Waals surface area contributed by atoms with Gasteiger partial charge >= 0.3 is 0 Å². The molecule has 0 fully saturated rings. The summed E-state index contributed by atoms with van der Waals surface area (Å²) in [6.07, 6.45) is 2.00. The smallest absolute Gasteiger partial charge is 0.143 e. The van der Waals surface area contributed by atoms with E-state index in [-0.39, 0.29) is 16.9 Å². The van der Waals surface area contributed by atoms with Gasteiger partial charge in [0.1, 0.15) is 5.82 Å². The molecule has 3 heteroatoms. The number of rotatable bonds is 5. The first-order chi connectivity index (χ1) is 9.54. The molecule has 2 aromatic rings. The van der Waals surface area contributed by atoms with E-state index in [1.807, 2.05) is 0 Å². The van der Waals surface area contributed by atoms with Crippen LogP contribution in [0.2, 0.25) is 5.02 Å². The van der Waals surface area contributed by atoms with Crippen LogP contribution in [0.3, 0.4) is 0 Å². The van der Waals surface area contributed by atoms with Gasteiger partial charge in [-0.2, -0.15) is 0 Å². The molecule has 0 aliphatic rings. The van der Waals surface area contributed by atoms with E-state index in [2.05, 4.69) is 43.4 Å². The van der Waals surface area contributed by atoms with E-state index in [1.54, 1.807) is 12.1 Å². The Morgan fingerprint density at radius 2 is 2.00 bits per heavy atom. The molecule has 1 atom stereocenters. The molecule has 106 valence electrons. The lowest BCUT2D eigenvalue weighted by atomic mass is 10.0. The van der Waals surface area contributed by atoms with Gasteiger partial charge in [-0.05, 0) is 50.5 Å². The lowest BCUT2D eigenvalue weighted by Gasteiger charge is -2.15. The van der Waals surface area contributed by atoms with Crippen molar-refractivity contribution in [1.29, 1.82) is 0 Å². The Hall–Kier alpha value is -1.54. The van der Waals surface area contributed by atoms with Gasteiger partial charge in [0.15, 0.2) is 0 Å². The van der Waals surface area contributed by atoms with Crippen LogP contribution in [0.15, 0.2) is 42.5 Å². The van der Waals surface area contributed by atoms with E-state index in [4.69, 9.17) is 11.6 Å². The Kier molecular flexibility index (Phi) is 5.02. The second-order valence-electron chi connectivity index (χ2n) is 5.20. The summed E-state index contributed by atoms with van der Waals surface area (Å²) in [5, 5.41) is 3.45. The molecule has 1 nitrogen and oxygen atoms in total. The topological polar surface area (TPSA) is 12.0 Å². The van der Waals surface area contributed by atoms with Gasteiger partial charge in [-0.3, -0.25) is 0 Å². The first-order valence-corrected chi connectivity index (χ1v) is 7.19. The molecule has 2 aromatic carbocycles. The van der Waals surface area contributed by atoms with Crippen LogP contribution < -0.4 is 5.32 Å². The first kappa shape index (κ1) is 14.9. The van der Waals surface area contributed by atoms with Crippen molar-refractivity contribution in [1.82, 2.24) is 0 Å². The number of halogens is 2. The number of aryl methyl sites for hydroxylation is 2. The molecule has 20 heavy (non-hydrogen) atoms. The summed E-state index contributed by atoms with van der Waals surface area (Å²) in [6.45, 7) is 4.20. The number of hydrogen-bond acceptors (Lipinski definition) is 1. The summed E-state index contributed by atoms with van der Waals surface area (Å²) < 4.78 is 13.4. The van der Waals surface area contributed by atoms with Crippen LogP contribution in [0, 0.1) is 12.7 Å². The molecule has 1 N–H and O–H groups in total. The number of anilines is 1. The largest absolute Gasteiger partial charge is 0.382 e. The maximum Gasteiger partial charge on any atom is 0.143 e. The van der Waals surface area contributed by atoms with E-state index in [9.17, 15) is 4.39 Å². The normalized spacial score (nSPS) is 12.2. The van der Waals surface area contributed by atoms with Gasteiger partial charge in [-0.25, -0.2) is 4.39 Å². The van der Waals surface area contributed by atoms with Gasteiger partial charge in [-0.15, -0.1) is 0 Å². The quantitative estimate of drug-likeness (QED) is 0.796. The first-order valence-electron chi connectivity index (χ1n) is 6.82. The molecule has 0 radical (unpaired) electrons. The van der Waals surface area contributed by atoms with Crippen molar-refractivity contribution in [3.63, 3.8) is 0 Å². The second kappa shape index (κ2) is 6.76. The van der Waals surface area contributed by atoms with Crippen molar-refractivity contribution in [2.24, 2.45) is 0 Å². The van der Waals surface area contributed by atoms with E-state index >= 15 is 0 Å². The third kappa shape index (κ3) is 4.24. The minimum absolute atomic E-state index is 0.156. The van der Waals surface area contributed by atoms with Crippen molar-refractivity contribution < 1.29 is 4.39 Å². The average Bonchev–Trinajstić information content (AvgIpc) is 2.41. The number of hydrogen-bond donors (Lipinski definition) is 1. The van der Waals surface area contributed by atoms with Crippen molar-refractivity contribution in [2.45, 2.75) is 32.7 Å². The van der Waals surface area contributed by atoms with Gasteiger partial charge in [0.05, 0.1) is 5.02 Å². The zero-order chi connectivity index (χ0) is 14.5. The molecule has 0 bridgehead atoms. The minimum Gasteiger partial charge on any atom is -0.382 e. The molecule has 0 amide bonds. The predicted molar refractivity (Wildman–Crippen MR) is 84.0 cm³/mol. The Bertz CT molecular complexity index is 583. The molecular formula is C17H19ClFN. The summed E-state index contributed by atoms with van der Waals surface area (Å²) in [4.78, 5) is 0. The maximum atomic E-state index is 13.4. The van der Waals surface area contributed by atoms with Crippen LogP contribution in [-0.2, 0) is 6.42 Å². The lowest BCUT2D eigenvalue weighted by molar-refractivity contribution is 0.627. The highest BCUT2D eigenvalue weighted by Crippen LogP contribution is 2.20. The summed E-state index contributed by atoms with van der Waals surface area (Å²) in [6, 6.07) is 13.6. The molecule has 0 aliphatic carbocycles. The molecule has 0 saturated heterocycles. The summed E-state index contributed by atoms with van der Waals surface area (Å²) >= 11 is 5.67. The van der Waals surface area contributed by atoms with Gasteiger partial charge in [-0.1, -0.05) is 41.4 Å². The van der Waals surface area contributed by atoms with E-state index in [1.165, 1.54) is 17.2 Å². The number of benzene rings is 2. The Morgan fingerprint density at radius 3 is 2.70 bits per heavy atom. The molecule has 0 saturated carbocycles.